The molecule has 0 fully saturated rings. The molecule has 0 saturated carbocycles. The van der Waals surface area contributed by atoms with Gasteiger partial charge < -0.3 is 10.5 Å². The first-order chi connectivity index (χ1) is 5.36. The molecule has 0 unspecified atom stereocenters. The number of pyridine rings is 1. The van der Waals surface area contributed by atoms with Gasteiger partial charge in [0, 0.05) is 5.56 Å². The molecule has 1 aliphatic heterocycles. The van der Waals surface area contributed by atoms with E-state index in [4.69, 9.17) is 10.5 Å². The monoisotopic (exact) mass is 148 g/mol. The molecule has 2 heterocycles. The predicted molar refractivity (Wildman–Crippen MR) is 42.5 cm³/mol. The number of rotatable bonds is 0. The van der Waals surface area contributed by atoms with Gasteiger partial charge in [0.1, 0.15) is 6.61 Å². The van der Waals surface area contributed by atoms with E-state index in [1.807, 2.05) is 12.1 Å². The van der Waals surface area contributed by atoms with Gasteiger partial charge in [-0.25, -0.2) is 0 Å². The maximum Gasteiger partial charge on any atom is 0.115 e. The fourth-order valence-electron chi connectivity index (χ4n) is 1.06. The van der Waals surface area contributed by atoms with E-state index >= 15 is 0 Å². The van der Waals surface area contributed by atoms with E-state index in [1.165, 1.54) is 0 Å². The van der Waals surface area contributed by atoms with Crippen LogP contribution in [-0.2, 0) is 11.3 Å². The zero-order chi connectivity index (χ0) is 7.68. The average Bonchev–Trinajstić information content (AvgIpc) is 2.04. The summed E-state index contributed by atoms with van der Waals surface area (Å²) in [5.74, 6) is 0. The number of anilines is 1. The molecule has 1 aromatic rings. The highest BCUT2D eigenvalue weighted by Crippen LogP contribution is 2.16. The Balaban J connectivity index is 2.53. The molecule has 0 aliphatic carbocycles. The summed E-state index contributed by atoms with van der Waals surface area (Å²) in [4.78, 5) is 4.13. The second kappa shape index (κ2) is 2.27. The summed E-state index contributed by atoms with van der Waals surface area (Å²) in [7, 11) is 0. The molecule has 1 aromatic heterocycles. The quantitative estimate of drug-likeness (QED) is 0.600. The molecule has 3 heteroatoms. The number of nitrogens with zero attached hydrogens (tertiary/aromatic N) is 1. The third-order valence-electron chi connectivity index (χ3n) is 1.58. The average molecular weight is 148 g/mol. The van der Waals surface area contributed by atoms with Crippen LogP contribution in [0.1, 0.15) is 11.3 Å². The van der Waals surface area contributed by atoms with Crippen LogP contribution in [0.5, 0.6) is 0 Å². The van der Waals surface area contributed by atoms with Crippen molar-refractivity contribution in [2.45, 2.75) is 6.61 Å². The van der Waals surface area contributed by atoms with E-state index < -0.39 is 0 Å². The Morgan fingerprint density at radius 2 is 2.45 bits per heavy atom. The van der Waals surface area contributed by atoms with E-state index in [-0.39, 0.29) is 0 Å². The summed E-state index contributed by atoms with van der Waals surface area (Å²) in [6.07, 6.45) is 5.12. The molecule has 1 aliphatic rings. The van der Waals surface area contributed by atoms with Crippen LogP contribution in [0.25, 0.3) is 6.08 Å². The molecule has 0 amide bonds. The molecule has 2 N–H and O–H groups in total. The van der Waals surface area contributed by atoms with Gasteiger partial charge in [-0.2, -0.15) is 0 Å². The number of fused-ring (bicyclic) bond motifs is 1. The molecule has 0 aromatic carbocycles. The fraction of sp³-hybridized carbons (Fsp3) is 0.125. The van der Waals surface area contributed by atoms with Gasteiger partial charge in [0.05, 0.1) is 23.8 Å². The molecule has 0 spiro atoms. The molecule has 0 bridgehead atoms. The number of nitrogens with two attached hydrogens (primary N) is 1. The Labute approximate surface area is 64.5 Å². The Bertz CT molecular complexity index is 307. The second-order valence-corrected chi connectivity index (χ2v) is 2.43. The van der Waals surface area contributed by atoms with Crippen molar-refractivity contribution in [2.24, 2.45) is 0 Å². The Morgan fingerprint density at radius 3 is 3.36 bits per heavy atom. The van der Waals surface area contributed by atoms with Crippen molar-refractivity contribution in [3.63, 3.8) is 0 Å². The highest BCUT2D eigenvalue weighted by atomic mass is 16.5. The van der Waals surface area contributed by atoms with E-state index in [2.05, 4.69) is 4.98 Å². The van der Waals surface area contributed by atoms with Gasteiger partial charge in [-0.1, -0.05) is 0 Å². The van der Waals surface area contributed by atoms with Gasteiger partial charge in [-0.3, -0.25) is 4.98 Å². The fourth-order valence-corrected chi connectivity index (χ4v) is 1.06. The molecule has 0 saturated heterocycles. The Kier molecular flexibility index (Phi) is 1.28. The molecule has 2 rings (SSSR count). The number of aromatic nitrogens is 1. The molecular weight excluding hydrogens is 140 g/mol. The molecule has 11 heavy (non-hydrogen) atoms. The van der Waals surface area contributed by atoms with Crippen LogP contribution < -0.4 is 5.73 Å². The number of ether oxygens (including phenoxy) is 1. The van der Waals surface area contributed by atoms with Gasteiger partial charge in [0.15, 0.2) is 0 Å². The smallest absolute Gasteiger partial charge is 0.115 e. The van der Waals surface area contributed by atoms with Crippen LogP contribution in [0.2, 0.25) is 0 Å². The lowest BCUT2D eigenvalue weighted by Gasteiger charge is -2.10. The van der Waals surface area contributed by atoms with Crippen molar-refractivity contribution in [3.05, 3.63) is 29.8 Å². The largest absolute Gasteiger partial charge is 0.496 e. The van der Waals surface area contributed by atoms with Crippen LogP contribution >= 0.6 is 0 Å². The maximum absolute atomic E-state index is 5.54. The van der Waals surface area contributed by atoms with E-state index in [0.717, 1.165) is 11.3 Å². The highest BCUT2D eigenvalue weighted by molar-refractivity contribution is 5.53. The van der Waals surface area contributed by atoms with E-state index in [0.29, 0.717) is 12.3 Å². The first kappa shape index (κ1) is 6.22. The molecular formula is C8H8N2O. The third-order valence-corrected chi connectivity index (χ3v) is 1.58. The van der Waals surface area contributed by atoms with Crippen LogP contribution in [-0.4, -0.2) is 4.98 Å². The van der Waals surface area contributed by atoms with Crippen molar-refractivity contribution >= 4 is 11.8 Å². The minimum Gasteiger partial charge on any atom is -0.496 e. The minimum absolute atomic E-state index is 0.573. The van der Waals surface area contributed by atoms with Gasteiger partial charge in [-0.05, 0) is 12.1 Å². The first-order valence-electron chi connectivity index (χ1n) is 3.39. The minimum atomic E-state index is 0.573. The van der Waals surface area contributed by atoms with Crippen molar-refractivity contribution in [1.29, 1.82) is 0 Å². The molecule has 0 atom stereocenters. The van der Waals surface area contributed by atoms with Crippen LogP contribution in [0, 0.1) is 0 Å². The van der Waals surface area contributed by atoms with Crippen LogP contribution in [0.4, 0.5) is 5.69 Å². The lowest BCUT2D eigenvalue weighted by molar-refractivity contribution is 0.234. The first-order valence-corrected chi connectivity index (χ1v) is 3.39. The lowest BCUT2D eigenvalue weighted by atomic mass is 10.2. The predicted octanol–water partition coefficient (Wildman–Crippen LogP) is 1.16. The topological polar surface area (TPSA) is 48.1 Å². The van der Waals surface area contributed by atoms with Crippen molar-refractivity contribution < 1.29 is 4.74 Å². The summed E-state index contributed by atoms with van der Waals surface area (Å²) in [5, 5.41) is 0. The van der Waals surface area contributed by atoms with E-state index in [9.17, 15) is 0 Å². The zero-order valence-corrected chi connectivity index (χ0v) is 5.95. The Morgan fingerprint density at radius 1 is 1.55 bits per heavy atom. The molecule has 56 valence electrons. The summed E-state index contributed by atoms with van der Waals surface area (Å²) in [6.45, 7) is 0.573. The standard InChI is InChI=1S/C8H8N2O/c9-7-3-6-5-11-2-1-8(6)10-4-7/h1-4H,5,9H2. The number of nitrogen functional groups attached to an aromatic ring is 1. The van der Waals surface area contributed by atoms with Crippen LogP contribution in [0.15, 0.2) is 18.5 Å². The highest BCUT2D eigenvalue weighted by Gasteiger charge is 2.05. The maximum atomic E-state index is 5.54. The summed E-state index contributed by atoms with van der Waals surface area (Å²) < 4.78 is 5.07. The van der Waals surface area contributed by atoms with Crippen molar-refractivity contribution in [3.8, 4) is 0 Å². The Hall–Kier alpha value is -1.51. The van der Waals surface area contributed by atoms with Gasteiger partial charge in [0.25, 0.3) is 0 Å². The lowest BCUT2D eigenvalue weighted by Crippen LogP contribution is -2.00. The van der Waals surface area contributed by atoms with Gasteiger partial charge in [-0.15, -0.1) is 0 Å². The summed E-state index contributed by atoms with van der Waals surface area (Å²) >= 11 is 0. The summed E-state index contributed by atoms with van der Waals surface area (Å²) in [5.41, 5.74) is 8.22. The third kappa shape index (κ3) is 1.05. The number of hydrogen-bond acceptors (Lipinski definition) is 3. The number of hydrogen-bond donors (Lipinski definition) is 1. The second-order valence-electron chi connectivity index (χ2n) is 2.43. The van der Waals surface area contributed by atoms with Crippen molar-refractivity contribution in [1.82, 2.24) is 4.98 Å². The van der Waals surface area contributed by atoms with Crippen LogP contribution in [0.3, 0.4) is 0 Å². The molecule has 3 nitrogen and oxygen atoms in total. The van der Waals surface area contributed by atoms with E-state index in [1.54, 1.807) is 12.5 Å². The zero-order valence-electron chi connectivity index (χ0n) is 5.95. The van der Waals surface area contributed by atoms with Gasteiger partial charge in [0.2, 0.25) is 0 Å². The van der Waals surface area contributed by atoms with Gasteiger partial charge >= 0.3 is 0 Å². The summed E-state index contributed by atoms with van der Waals surface area (Å²) in [6, 6.07) is 1.88. The molecule has 0 radical (unpaired) electrons. The van der Waals surface area contributed by atoms with Crippen molar-refractivity contribution in [2.75, 3.05) is 5.73 Å². The normalized spacial score (nSPS) is 13.8. The SMILES string of the molecule is Nc1cnc2c(c1)COC=C2.